The van der Waals surface area contributed by atoms with Gasteiger partial charge in [0.25, 0.3) is 11.8 Å². The van der Waals surface area contributed by atoms with Crippen molar-refractivity contribution in [1.82, 2.24) is 30.8 Å². The predicted molar refractivity (Wildman–Crippen MR) is 177 cm³/mol. The predicted octanol–water partition coefficient (Wildman–Crippen LogP) is 5.36. The third kappa shape index (κ3) is 8.34. The second kappa shape index (κ2) is 14.9. The van der Waals surface area contributed by atoms with Gasteiger partial charge in [0.2, 0.25) is 5.88 Å². The van der Waals surface area contributed by atoms with Crippen LogP contribution in [0.25, 0.3) is 11.1 Å². The van der Waals surface area contributed by atoms with Crippen LogP contribution in [-0.2, 0) is 6.42 Å². The van der Waals surface area contributed by atoms with Gasteiger partial charge in [-0.2, -0.15) is 0 Å². The molecule has 0 radical (unpaired) electrons. The van der Waals surface area contributed by atoms with E-state index < -0.39 is 11.7 Å². The van der Waals surface area contributed by atoms with Gasteiger partial charge in [0.05, 0.1) is 11.2 Å². The largest absolute Gasteiger partial charge is 0.438 e. The van der Waals surface area contributed by atoms with Gasteiger partial charge in [-0.25, -0.2) is 14.4 Å². The number of rotatable bonds is 10. The molecule has 2 fully saturated rings. The number of thiazole rings is 1. The molecular weight excluding hydrogens is 603 g/mol. The Morgan fingerprint density at radius 3 is 2.39 bits per heavy atom. The zero-order valence-corrected chi connectivity index (χ0v) is 26.7. The number of carbonyl (C=O) groups is 2. The normalized spacial score (nSPS) is 18.6. The fraction of sp³-hybridized carbons (Fsp3) is 0.371. The van der Waals surface area contributed by atoms with Crippen molar-refractivity contribution < 1.29 is 18.7 Å². The van der Waals surface area contributed by atoms with Crippen molar-refractivity contribution in [3.05, 3.63) is 93.8 Å². The van der Waals surface area contributed by atoms with Crippen LogP contribution in [-0.4, -0.2) is 71.5 Å². The third-order valence-corrected chi connectivity index (χ3v) is 9.35. The molecule has 2 aromatic heterocycles. The number of nitrogens with one attached hydrogen (secondary N) is 3. The Morgan fingerprint density at radius 2 is 1.70 bits per heavy atom. The van der Waals surface area contributed by atoms with E-state index in [1.54, 1.807) is 11.4 Å². The molecule has 1 aliphatic heterocycles. The summed E-state index contributed by atoms with van der Waals surface area (Å²) in [5, 5.41) is 12.1. The molecule has 1 saturated heterocycles. The summed E-state index contributed by atoms with van der Waals surface area (Å²) >= 11 is 1.44. The average molecular weight is 643 g/mol. The van der Waals surface area contributed by atoms with Gasteiger partial charge >= 0.3 is 0 Å². The van der Waals surface area contributed by atoms with E-state index in [0.717, 1.165) is 67.5 Å². The number of benzene rings is 2. The van der Waals surface area contributed by atoms with Crippen LogP contribution in [0.2, 0.25) is 0 Å². The summed E-state index contributed by atoms with van der Waals surface area (Å²) < 4.78 is 20.3. The first-order valence-corrected chi connectivity index (χ1v) is 16.8. The average Bonchev–Trinajstić information content (AvgIpc) is 3.53. The summed E-state index contributed by atoms with van der Waals surface area (Å²) in [6.45, 7) is 7.20. The molecule has 0 bridgehead atoms. The Balaban J connectivity index is 1.05. The summed E-state index contributed by atoms with van der Waals surface area (Å²) in [6.07, 6.45) is 4.86. The monoisotopic (exact) mass is 642 g/mol. The number of nitrogens with zero attached hydrogens (tertiary/aromatic N) is 3. The Bertz CT molecular complexity index is 1650. The molecule has 6 rings (SSSR count). The molecule has 9 nitrogen and oxygen atoms in total. The maximum atomic E-state index is 14.3. The Hall–Kier alpha value is -4.19. The lowest BCUT2D eigenvalue weighted by Crippen LogP contribution is -2.44. The van der Waals surface area contributed by atoms with Gasteiger partial charge in [-0.1, -0.05) is 36.4 Å². The summed E-state index contributed by atoms with van der Waals surface area (Å²) in [6, 6.07) is 17.2. The SMILES string of the molecule is Cc1nc(C(=O)NC2CCC(NC(=O)c3cc(F)cnc3Oc3cccc(-c4ccc(CCN5CCNCC5)cc4)c3)CC2)cs1. The number of halogens is 1. The minimum Gasteiger partial charge on any atom is -0.438 e. The first-order chi connectivity index (χ1) is 22.4. The molecular formula is C35H39FN6O3S. The number of hydrogen-bond donors (Lipinski definition) is 3. The van der Waals surface area contributed by atoms with Crippen molar-refractivity contribution in [3.63, 3.8) is 0 Å². The number of aromatic nitrogens is 2. The topological polar surface area (TPSA) is 108 Å². The minimum atomic E-state index is -0.619. The Morgan fingerprint density at radius 1 is 0.978 bits per heavy atom. The molecule has 2 aliphatic rings. The Kier molecular flexibility index (Phi) is 10.3. The molecule has 0 spiro atoms. The third-order valence-electron chi connectivity index (χ3n) is 8.57. The molecule has 1 aliphatic carbocycles. The highest BCUT2D eigenvalue weighted by atomic mass is 32.1. The van der Waals surface area contributed by atoms with Gasteiger partial charge in [0.1, 0.15) is 22.8 Å². The van der Waals surface area contributed by atoms with Gasteiger partial charge in [0, 0.05) is 50.2 Å². The van der Waals surface area contributed by atoms with E-state index in [4.69, 9.17) is 4.74 Å². The van der Waals surface area contributed by atoms with Gasteiger partial charge in [-0.15, -0.1) is 11.3 Å². The van der Waals surface area contributed by atoms with Gasteiger partial charge < -0.3 is 25.6 Å². The molecule has 11 heteroatoms. The minimum absolute atomic E-state index is 0.0122. The van der Waals surface area contributed by atoms with Crippen LogP contribution in [0.1, 0.15) is 57.1 Å². The number of piperazine rings is 1. The van der Waals surface area contributed by atoms with E-state index in [-0.39, 0.29) is 29.4 Å². The Labute approximate surface area is 272 Å². The van der Waals surface area contributed by atoms with Crippen molar-refractivity contribution in [2.24, 2.45) is 0 Å². The number of aryl methyl sites for hydroxylation is 1. The van der Waals surface area contributed by atoms with Crippen LogP contribution in [0.15, 0.2) is 66.2 Å². The van der Waals surface area contributed by atoms with E-state index in [9.17, 15) is 14.0 Å². The number of hydrogen-bond acceptors (Lipinski definition) is 8. The van der Waals surface area contributed by atoms with Crippen molar-refractivity contribution in [3.8, 4) is 22.8 Å². The van der Waals surface area contributed by atoms with E-state index >= 15 is 0 Å². The highest BCUT2D eigenvalue weighted by molar-refractivity contribution is 7.09. The number of pyridine rings is 1. The highest BCUT2D eigenvalue weighted by Crippen LogP contribution is 2.29. The zero-order valence-electron chi connectivity index (χ0n) is 25.9. The maximum absolute atomic E-state index is 14.3. The quantitative estimate of drug-likeness (QED) is 0.214. The van der Waals surface area contributed by atoms with Crippen molar-refractivity contribution in [2.75, 3.05) is 32.7 Å². The molecule has 3 heterocycles. The molecule has 3 N–H and O–H groups in total. The standard InChI is InChI=1S/C35H39FN6O3S/c1-23-39-32(22-46-23)34(44)41-29-11-9-28(10-12-29)40-33(43)31-20-27(36)21-38-35(31)45-30-4-2-3-26(19-30)25-7-5-24(6-8-25)13-16-42-17-14-37-15-18-42/h2-8,19-22,28-29,37H,9-18H2,1H3,(H,40,43)(H,41,44). The second-order valence-corrected chi connectivity index (χ2v) is 13.0. The molecule has 0 atom stereocenters. The van der Waals surface area contributed by atoms with Gasteiger partial charge in [0.15, 0.2) is 0 Å². The van der Waals surface area contributed by atoms with Crippen LogP contribution in [0, 0.1) is 12.7 Å². The molecule has 46 heavy (non-hydrogen) atoms. The summed E-state index contributed by atoms with van der Waals surface area (Å²) in [5.74, 6) is -0.697. The molecule has 2 amide bonds. The fourth-order valence-electron chi connectivity index (χ4n) is 5.98. The van der Waals surface area contributed by atoms with Crippen LogP contribution >= 0.6 is 11.3 Å². The number of ether oxygens (including phenoxy) is 1. The zero-order chi connectivity index (χ0) is 31.9. The van der Waals surface area contributed by atoms with Crippen LogP contribution < -0.4 is 20.7 Å². The molecule has 0 unspecified atom stereocenters. The van der Waals surface area contributed by atoms with E-state index in [2.05, 4.69) is 55.1 Å². The van der Waals surface area contributed by atoms with E-state index in [0.29, 0.717) is 37.1 Å². The summed E-state index contributed by atoms with van der Waals surface area (Å²) in [7, 11) is 0. The van der Waals surface area contributed by atoms with E-state index in [1.165, 1.54) is 16.9 Å². The summed E-state index contributed by atoms with van der Waals surface area (Å²) in [5.41, 5.74) is 3.78. The maximum Gasteiger partial charge on any atom is 0.270 e. The van der Waals surface area contributed by atoms with Crippen LogP contribution in [0.5, 0.6) is 11.6 Å². The smallest absolute Gasteiger partial charge is 0.270 e. The molecule has 4 aromatic rings. The van der Waals surface area contributed by atoms with Crippen molar-refractivity contribution >= 4 is 23.2 Å². The molecule has 240 valence electrons. The lowest BCUT2D eigenvalue weighted by atomic mass is 9.91. The van der Waals surface area contributed by atoms with Crippen molar-refractivity contribution in [1.29, 1.82) is 0 Å². The van der Waals surface area contributed by atoms with Crippen LogP contribution in [0.3, 0.4) is 0 Å². The van der Waals surface area contributed by atoms with Crippen molar-refractivity contribution in [2.45, 2.75) is 51.1 Å². The molecule has 1 saturated carbocycles. The lowest BCUT2D eigenvalue weighted by Gasteiger charge is -2.29. The van der Waals surface area contributed by atoms with Crippen LogP contribution in [0.4, 0.5) is 4.39 Å². The number of carbonyl (C=O) groups excluding carboxylic acids is 2. The lowest BCUT2D eigenvalue weighted by molar-refractivity contribution is 0.0888. The second-order valence-electron chi connectivity index (χ2n) is 11.9. The summed E-state index contributed by atoms with van der Waals surface area (Å²) in [4.78, 5) is 36.7. The fourth-order valence-corrected chi connectivity index (χ4v) is 6.57. The van der Waals surface area contributed by atoms with Gasteiger partial charge in [-0.3, -0.25) is 9.59 Å². The van der Waals surface area contributed by atoms with Gasteiger partial charge in [-0.05, 0) is 73.9 Å². The highest BCUT2D eigenvalue weighted by Gasteiger charge is 2.26. The van der Waals surface area contributed by atoms with E-state index in [1.807, 2.05) is 25.1 Å². The molecule has 2 aromatic carbocycles. The first kappa shape index (κ1) is 31.8. The number of amides is 2. The first-order valence-electron chi connectivity index (χ1n) is 15.9.